The molecule has 0 aliphatic heterocycles. The van der Waals surface area contributed by atoms with E-state index in [1.54, 1.807) is 26.8 Å². The van der Waals surface area contributed by atoms with Gasteiger partial charge in [0.1, 0.15) is 11.5 Å². The fourth-order valence-electron chi connectivity index (χ4n) is 2.53. The molecule has 2 rings (SSSR count). The summed E-state index contributed by atoms with van der Waals surface area (Å²) in [5, 5.41) is 2.60. The zero-order chi connectivity index (χ0) is 20.4. The van der Waals surface area contributed by atoms with Crippen molar-refractivity contribution in [2.45, 2.75) is 37.9 Å². The number of aryl methyl sites for hydroxylation is 2. The number of carbonyl (C=O) groups is 1. The second kappa shape index (κ2) is 7.73. The van der Waals surface area contributed by atoms with Gasteiger partial charge >= 0.3 is 6.18 Å². The molecule has 0 saturated heterocycles. The highest BCUT2D eigenvalue weighted by Gasteiger charge is 2.31. The fourth-order valence-corrected chi connectivity index (χ4v) is 3.56. The Kier molecular flexibility index (Phi) is 6.01. The van der Waals surface area contributed by atoms with Gasteiger partial charge in [0, 0.05) is 5.56 Å². The van der Waals surface area contributed by atoms with Gasteiger partial charge in [-0.3, -0.25) is 4.79 Å². The summed E-state index contributed by atoms with van der Waals surface area (Å²) < 4.78 is 69.9. The van der Waals surface area contributed by atoms with Gasteiger partial charge in [-0.15, -0.1) is 0 Å². The highest BCUT2D eigenvalue weighted by atomic mass is 32.2. The van der Waals surface area contributed by atoms with E-state index >= 15 is 0 Å². The van der Waals surface area contributed by atoms with E-state index < -0.39 is 45.2 Å². The Morgan fingerprint density at radius 1 is 1.22 bits per heavy atom. The van der Waals surface area contributed by atoms with E-state index in [2.05, 4.69) is 5.32 Å². The van der Waals surface area contributed by atoms with Gasteiger partial charge in [0.25, 0.3) is 0 Å². The van der Waals surface area contributed by atoms with Crippen molar-refractivity contribution in [3.63, 3.8) is 0 Å². The van der Waals surface area contributed by atoms with Crippen LogP contribution in [0.25, 0.3) is 0 Å². The van der Waals surface area contributed by atoms with Crippen molar-refractivity contribution in [3.05, 3.63) is 53.0 Å². The topological polar surface area (TPSA) is 88.4 Å². The van der Waals surface area contributed by atoms with Crippen LogP contribution in [0.2, 0.25) is 0 Å². The number of halogens is 3. The molecule has 2 N–H and O–H groups in total. The first-order chi connectivity index (χ1) is 12.4. The van der Waals surface area contributed by atoms with Crippen LogP contribution in [0.5, 0.6) is 0 Å². The van der Waals surface area contributed by atoms with Crippen LogP contribution in [-0.2, 0) is 21.0 Å². The number of carbonyl (C=O) groups excluding carboxylic acids is 1. The van der Waals surface area contributed by atoms with Gasteiger partial charge < -0.3 is 9.73 Å². The van der Waals surface area contributed by atoms with E-state index in [4.69, 9.17) is 4.42 Å². The summed E-state index contributed by atoms with van der Waals surface area (Å²) in [5.74, 6) is 0.676. The third-order valence-electron chi connectivity index (χ3n) is 3.82. The van der Waals surface area contributed by atoms with Crippen molar-refractivity contribution in [2.24, 2.45) is 0 Å². The summed E-state index contributed by atoms with van der Waals surface area (Å²) in [6, 6.07) is 4.63. The summed E-state index contributed by atoms with van der Waals surface area (Å²) in [6.07, 6.45) is -4.67. The average Bonchev–Trinajstić information content (AvgIpc) is 2.91. The van der Waals surface area contributed by atoms with Crippen LogP contribution in [0.3, 0.4) is 0 Å². The normalized spacial score (nSPS) is 13.4. The number of hydrogen-bond donors (Lipinski definition) is 2. The minimum atomic E-state index is -4.67. The van der Waals surface area contributed by atoms with Gasteiger partial charge in [0.15, 0.2) is 0 Å². The predicted molar refractivity (Wildman–Crippen MR) is 91.4 cm³/mol. The summed E-state index contributed by atoms with van der Waals surface area (Å²) in [4.78, 5) is 11.4. The molecule has 10 heteroatoms. The van der Waals surface area contributed by atoms with Crippen molar-refractivity contribution in [1.29, 1.82) is 0 Å². The van der Waals surface area contributed by atoms with Gasteiger partial charge in [0.2, 0.25) is 15.9 Å². The monoisotopic (exact) mass is 404 g/mol. The third kappa shape index (κ3) is 5.33. The van der Waals surface area contributed by atoms with Gasteiger partial charge in [-0.2, -0.15) is 13.2 Å². The Bertz CT molecular complexity index is 936. The lowest BCUT2D eigenvalue weighted by Gasteiger charge is -2.14. The molecule has 0 saturated carbocycles. The van der Waals surface area contributed by atoms with Crippen LogP contribution in [0.4, 0.5) is 13.2 Å². The molecule has 0 fully saturated rings. The molecule has 0 radical (unpaired) electrons. The van der Waals surface area contributed by atoms with Crippen molar-refractivity contribution in [2.75, 3.05) is 6.54 Å². The number of alkyl halides is 3. The maximum absolute atomic E-state index is 12.7. The minimum Gasteiger partial charge on any atom is -0.466 e. The fraction of sp³-hybridized carbons (Fsp3) is 0.353. The van der Waals surface area contributed by atoms with Crippen molar-refractivity contribution in [3.8, 4) is 0 Å². The summed E-state index contributed by atoms with van der Waals surface area (Å²) in [6.45, 7) is 4.59. The minimum absolute atomic E-state index is 0.423. The van der Waals surface area contributed by atoms with Crippen molar-refractivity contribution < 1.29 is 30.8 Å². The van der Waals surface area contributed by atoms with Crippen LogP contribution >= 0.6 is 0 Å². The van der Waals surface area contributed by atoms with Crippen LogP contribution in [0.1, 0.15) is 35.6 Å². The molecule has 1 atom stereocenters. The molecule has 6 nitrogen and oxygen atoms in total. The predicted octanol–water partition coefficient (Wildman–Crippen LogP) is 3.07. The summed E-state index contributed by atoms with van der Waals surface area (Å²) in [7, 11) is -4.27. The Morgan fingerprint density at radius 2 is 1.89 bits per heavy atom. The van der Waals surface area contributed by atoms with Gasteiger partial charge in [0.05, 0.1) is 23.0 Å². The first-order valence-corrected chi connectivity index (χ1v) is 9.41. The molecule has 148 valence electrons. The van der Waals surface area contributed by atoms with Gasteiger partial charge in [-0.1, -0.05) is 6.07 Å². The number of rotatable bonds is 6. The summed E-state index contributed by atoms with van der Waals surface area (Å²) >= 11 is 0. The number of benzene rings is 1. The van der Waals surface area contributed by atoms with Crippen LogP contribution in [0.15, 0.2) is 39.6 Å². The Morgan fingerprint density at radius 3 is 2.44 bits per heavy atom. The molecular formula is C17H19F3N2O4S. The average molecular weight is 404 g/mol. The van der Waals surface area contributed by atoms with E-state index in [0.29, 0.717) is 17.6 Å². The maximum Gasteiger partial charge on any atom is 0.416 e. The second-order valence-electron chi connectivity index (χ2n) is 6.01. The lowest BCUT2D eigenvalue weighted by Crippen LogP contribution is -2.38. The molecule has 1 unspecified atom stereocenters. The first kappa shape index (κ1) is 21.0. The number of furan rings is 1. The van der Waals surface area contributed by atoms with Gasteiger partial charge in [-0.25, -0.2) is 13.1 Å². The smallest absolute Gasteiger partial charge is 0.416 e. The number of amides is 1. The number of sulfonamides is 1. The molecule has 27 heavy (non-hydrogen) atoms. The SMILES string of the molecule is Cc1cc(C(C)NC(=O)CNS(=O)(=O)c2cccc(C(F)(F)F)c2)c(C)o1. The molecule has 1 heterocycles. The molecule has 1 aromatic heterocycles. The number of hydrogen-bond acceptors (Lipinski definition) is 4. The molecule has 2 aromatic rings. The van der Waals surface area contributed by atoms with Crippen LogP contribution in [0, 0.1) is 13.8 Å². The zero-order valence-corrected chi connectivity index (χ0v) is 15.7. The zero-order valence-electron chi connectivity index (χ0n) is 14.8. The van der Waals surface area contributed by atoms with E-state index in [-0.39, 0.29) is 0 Å². The molecule has 0 aliphatic rings. The first-order valence-electron chi connectivity index (χ1n) is 7.93. The van der Waals surface area contributed by atoms with Crippen LogP contribution in [-0.4, -0.2) is 20.9 Å². The largest absolute Gasteiger partial charge is 0.466 e. The second-order valence-corrected chi connectivity index (χ2v) is 7.77. The van der Waals surface area contributed by atoms with E-state index in [0.717, 1.165) is 23.8 Å². The number of nitrogens with one attached hydrogen (secondary N) is 2. The quantitative estimate of drug-likeness (QED) is 0.775. The third-order valence-corrected chi connectivity index (χ3v) is 5.22. The Labute approximate surface area is 154 Å². The Hall–Kier alpha value is -2.33. The molecule has 0 bridgehead atoms. The highest BCUT2D eigenvalue weighted by molar-refractivity contribution is 7.89. The lowest BCUT2D eigenvalue weighted by molar-refractivity contribution is -0.137. The molecule has 0 aliphatic carbocycles. The van der Waals surface area contributed by atoms with E-state index in [9.17, 15) is 26.4 Å². The van der Waals surface area contributed by atoms with Crippen LogP contribution < -0.4 is 10.0 Å². The van der Waals surface area contributed by atoms with Gasteiger partial charge in [-0.05, 0) is 45.0 Å². The maximum atomic E-state index is 12.7. The standard InChI is InChI=1S/C17H19F3N2O4S/c1-10-7-15(12(3)26-10)11(2)22-16(23)9-21-27(24,25)14-6-4-5-13(8-14)17(18,19)20/h4-8,11,21H,9H2,1-3H3,(H,22,23). The molecule has 1 aromatic carbocycles. The molecule has 1 amide bonds. The Balaban J connectivity index is 2.02. The summed E-state index contributed by atoms with van der Waals surface area (Å²) in [5.41, 5.74) is -0.337. The molecular weight excluding hydrogens is 385 g/mol. The molecule has 0 spiro atoms. The highest BCUT2D eigenvalue weighted by Crippen LogP contribution is 2.30. The van der Waals surface area contributed by atoms with Crippen molar-refractivity contribution >= 4 is 15.9 Å². The lowest BCUT2D eigenvalue weighted by atomic mass is 10.1. The van der Waals surface area contributed by atoms with E-state index in [1.807, 2.05) is 4.72 Å². The van der Waals surface area contributed by atoms with E-state index in [1.165, 1.54) is 0 Å². The van der Waals surface area contributed by atoms with Crippen molar-refractivity contribution in [1.82, 2.24) is 10.0 Å².